The van der Waals surface area contributed by atoms with Gasteiger partial charge in [-0.2, -0.15) is 0 Å². The van der Waals surface area contributed by atoms with E-state index >= 15 is 0 Å². The molecule has 4 fully saturated rings. The summed E-state index contributed by atoms with van der Waals surface area (Å²) in [5.41, 5.74) is 3.79. The van der Waals surface area contributed by atoms with Crippen LogP contribution in [0.5, 0.6) is 0 Å². The molecule has 53 heavy (non-hydrogen) atoms. The average molecular weight is 717 g/mol. The number of β-lactam (4-membered cyclic amide) rings is 1. The average Bonchev–Trinajstić information content (AvgIpc) is 3.56. The number of piperidine rings is 2. The number of hydrogen-bond acceptors (Lipinski definition) is 6. The molecule has 4 saturated heterocycles. The molecule has 0 aliphatic carbocycles. The van der Waals surface area contributed by atoms with E-state index in [-0.39, 0.29) is 30.9 Å². The second-order valence-corrected chi connectivity index (χ2v) is 14.9. The summed E-state index contributed by atoms with van der Waals surface area (Å²) in [6.45, 7) is 7.51. The number of rotatable bonds is 11. The third-order valence-corrected chi connectivity index (χ3v) is 11.5. The topological polar surface area (TPSA) is 103 Å². The van der Waals surface area contributed by atoms with E-state index in [1.165, 1.54) is 29.1 Å². The fraction of sp³-hybridized carbons (Fsp3) is 0.442. The number of carbonyl (C=O) groups is 4. The van der Waals surface area contributed by atoms with Crippen LogP contribution in [0, 0.1) is 6.92 Å². The Labute approximate surface area is 312 Å². The van der Waals surface area contributed by atoms with Gasteiger partial charge in [0.2, 0.25) is 17.7 Å². The van der Waals surface area contributed by atoms with E-state index in [9.17, 15) is 19.2 Å². The van der Waals surface area contributed by atoms with Gasteiger partial charge in [0.15, 0.2) is 0 Å². The third kappa shape index (κ3) is 8.03. The van der Waals surface area contributed by atoms with E-state index in [0.29, 0.717) is 19.1 Å². The van der Waals surface area contributed by atoms with Gasteiger partial charge in [-0.1, -0.05) is 109 Å². The molecular formula is C43H51N5O5. The van der Waals surface area contributed by atoms with Gasteiger partial charge in [0, 0.05) is 19.1 Å². The second kappa shape index (κ2) is 16.4. The Morgan fingerprint density at radius 1 is 0.887 bits per heavy atom. The van der Waals surface area contributed by atoms with Crippen molar-refractivity contribution in [2.24, 2.45) is 0 Å². The summed E-state index contributed by atoms with van der Waals surface area (Å²) in [4.78, 5) is 64.0. The maximum absolute atomic E-state index is 14.6. The van der Waals surface area contributed by atoms with E-state index in [1.54, 1.807) is 0 Å². The smallest absolute Gasteiger partial charge is 0.411 e. The standard InChI is InChI=1S/C43H51N5O5/c1-30-13-12-14-32(27-30)19-20-36-40(48-38(29-53-43(48)52)34-17-8-4-9-18-34)42(51)47(36)37(41(50)44-31(2)33-15-6-3-7-16-33)28-39(49)46-25-21-35(22-26-46)45-23-10-5-11-24-45/h3-4,6-9,12-20,27,31,35-38,40H,5,10-11,21-26,28-29H2,1-2H3,(H,44,50)/b20-19+/t31-,36-,37-,38-,40+/m1/s1/i1-1. The maximum Gasteiger partial charge on any atom is 0.411 e. The lowest BCUT2D eigenvalue weighted by atomic mass is 9.87. The third-order valence-electron chi connectivity index (χ3n) is 11.5. The first kappa shape index (κ1) is 36.4. The minimum atomic E-state index is -1.09. The van der Waals surface area contributed by atoms with Gasteiger partial charge in [-0.05, 0) is 69.3 Å². The molecule has 3 aromatic carbocycles. The van der Waals surface area contributed by atoms with E-state index in [4.69, 9.17) is 4.74 Å². The van der Waals surface area contributed by atoms with Crippen molar-refractivity contribution >= 4 is 29.9 Å². The number of nitrogens with zero attached hydrogens (tertiary/aromatic N) is 4. The highest BCUT2D eigenvalue weighted by molar-refractivity contribution is 5.99. The minimum absolute atomic E-state index is 0.116. The van der Waals surface area contributed by atoms with Crippen LogP contribution in [0.15, 0.2) is 91.0 Å². The van der Waals surface area contributed by atoms with E-state index in [0.717, 1.165) is 48.2 Å². The molecule has 0 bridgehead atoms. The fourth-order valence-electron chi connectivity index (χ4n) is 8.52. The highest BCUT2D eigenvalue weighted by atomic mass is 16.6. The van der Waals surface area contributed by atoms with Crippen LogP contribution in [-0.4, -0.2) is 100 Å². The molecule has 4 amide bonds. The summed E-state index contributed by atoms with van der Waals surface area (Å²) in [7, 11) is 0. The van der Waals surface area contributed by atoms with Crippen molar-refractivity contribution in [1.82, 2.24) is 24.9 Å². The Morgan fingerprint density at radius 3 is 2.28 bits per heavy atom. The van der Waals surface area contributed by atoms with E-state index < -0.39 is 36.2 Å². The zero-order chi connectivity index (χ0) is 36.9. The van der Waals surface area contributed by atoms with Crippen LogP contribution in [-0.2, 0) is 19.1 Å². The van der Waals surface area contributed by atoms with Gasteiger partial charge >= 0.3 is 6.09 Å². The second-order valence-electron chi connectivity index (χ2n) is 14.9. The van der Waals surface area contributed by atoms with Gasteiger partial charge in [0.25, 0.3) is 0 Å². The zero-order valence-electron chi connectivity index (χ0n) is 30.8. The molecule has 7 rings (SSSR count). The van der Waals surface area contributed by atoms with E-state index in [1.807, 2.05) is 116 Å². The van der Waals surface area contributed by atoms with Crippen molar-refractivity contribution in [3.63, 3.8) is 0 Å². The van der Waals surface area contributed by atoms with Crippen molar-refractivity contribution in [3.8, 4) is 0 Å². The number of likely N-dealkylation sites (tertiary alicyclic amines) is 3. The van der Waals surface area contributed by atoms with Crippen molar-refractivity contribution in [2.75, 3.05) is 32.8 Å². The fourth-order valence-corrected chi connectivity index (χ4v) is 8.52. The van der Waals surface area contributed by atoms with Crippen LogP contribution in [0.1, 0.15) is 79.8 Å². The maximum atomic E-state index is 14.6. The van der Waals surface area contributed by atoms with Gasteiger partial charge in [-0.15, -0.1) is 0 Å². The number of hydrogen-bond donors (Lipinski definition) is 1. The predicted molar refractivity (Wildman–Crippen MR) is 203 cm³/mol. The Bertz CT molecular complexity index is 1790. The minimum Gasteiger partial charge on any atom is -0.447 e. The molecule has 0 aromatic heterocycles. The van der Waals surface area contributed by atoms with Gasteiger partial charge < -0.3 is 24.8 Å². The van der Waals surface area contributed by atoms with Crippen LogP contribution in [0.3, 0.4) is 0 Å². The molecule has 0 radical (unpaired) electrons. The number of carbonyl (C=O) groups excluding carboxylic acids is 4. The molecule has 1 N–H and O–H groups in total. The lowest BCUT2D eigenvalue weighted by Gasteiger charge is -2.52. The summed E-state index contributed by atoms with van der Waals surface area (Å²) >= 11 is 0. The Hall–Kier alpha value is -4.96. The molecule has 0 spiro atoms. The molecule has 3 aromatic rings. The molecule has 10 heteroatoms. The molecule has 278 valence electrons. The Morgan fingerprint density at radius 2 is 1.58 bits per heavy atom. The molecule has 5 atom stereocenters. The van der Waals surface area contributed by atoms with Gasteiger partial charge in [0.1, 0.15) is 18.7 Å². The van der Waals surface area contributed by atoms with Crippen molar-refractivity contribution in [2.45, 2.75) is 88.6 Å². The predicted octanol–water partition coefficient (Wildman–Crippen LogP) is 5.89. The quantitative estimate of drug-likeness (QED) is 0.248. The van der Waals surface area contributed by atoms with Crippen molar-refractivity contribution in [3.05, 3.63) is 113 Å². The number of aryl methyl sites for hydroxylation is 1. The van der Waals surface area contributed by atoms with Crippen molar-refractivity contribution in [1.29, 1.82) is 0 Å². The first-order chi connectivity index (χ1) is 25.8. The largest absolute Gasteiger partial charge is 0.447 e. The molecule has 0 saturated carbocycles. The van der Waals surface area contributed by atoms with Crippen LogP contribution >= 0.6 is 0 Å². The van der Waals surface area contributed by atoms with Crippen LogP contribution < -0.4 is 5.32 Å². The molecule has 4 aliphatic heterocycles. The molecule has 0 unspecified atom stereocenters. The van der Waals surface area contributed by atoms with Crippen LogP contribution in [0.2, 0.25) is 0 Å². The first-order valence-electron chi connectivity index (χ1n) is 19.2. The molecular weight excluding hydrogens is 666 g/mol. The summed E-state index contributed by atoms with van der Waals surface area (Å²) in [5, 5.41) is 3.11. The van der Waals surface area contributed by atoms with E-state index in [2.05, 4.69) is 10.2 Å². The van der Waals surface area contributed by atoms with Gasteiger partial charge in [0.05, 0.1) is 24.5 Å². The zero-order valence-corrected chi connectivity index (χ0v) is 30.8. The summed E-state index contributed by atoms with van der Waals surface area (Å²) in [6.07, 6.45) is 8.63. The lowest BCUT2D eigenvalue weighted by Crippen LogP contribution is -2.74. The highest BCUT2D eigenvalue weighted by Gasteiger charge is 2.58. The summed E-state index contributed by atoms with van der Waals surface area (Å²) < 4.78 is 5.55. The van der Waals surface area contributed by atoms with Crippen LogP contribution in [0.25, 0.3) is 6.08 Å². The molecule has 4 aliphatic rings. The SMILES string of the molecule is C[C@@H](NC(=O)[C@@H](CC(=O)N1CCC(N2CCCCC2)CC1)N1C(=O)[C@@H](N2C(=O)OC[C@@H]2c2ccccc2)[C@H]1/C=C/c1cccc([11CH3])c1)c1ccccc1. The Kier molecular flexibility index (Phi) is 11.2. The number of benzene rings is 3. The van der Waals surface area contributed by atoms with Crippen molar-refractivity contribution < 1.29 is 23.9 Å². The first-order valence-corrected chi connectivity index (χ1v) is 19.2. The summed E-state index contributed by atoms with van der Waals surface area (Å²) in [6, 6.07) is 24.2. The van der Waals surface area contributed by atoms with Gasteiger partial charge in [-0.3, -0.25) is 19.3 Å². The number of amides is 4. The number of ether oxygens (including phenoxy) is 1. The normalized spacial score (nSPS) is 23.8. The lowest BCUT2D eigenvalue weighted by molar-refractivity contribution is -0.164. The highest BCUT2D eigenvalue weighted by Crippen LogP contribution is 2.39. The number of nitrogens with one attached hydrogen (secondary N) is 1. The molecule has 10 nitrogen and oxygen atoms in total. The Balaban J connectivity index is 1.18. The monoisotopic (exact) mass is 716 g/mol. The molecule has 4 heterocycles. The van der Waals surface area contributed by atoms with Crippen LogP contribution in [0.4, 0.5) is 4.79 Å². The summed E-state index contributed by atoms with van der Waals surface area (Å²) in [5.74, 6) is -0.926. The number of cyclic esters (lactones) is 1. The van der Waals surface area contributed by atoms with Gasteiger partial charge in [-0.25, -0.2) is 4.79 Å².